The van der Waals surface area contributed by atoms with Gasteiger partial charge in [-0.1, -0.05) is 17.7 Å². The standard InChI is InChI=1S/C18H20ClNO2S/c1-4-22-14-5-7-15(8-6-14)23-11-17(21)20-18-13(3)9-12(2)10-16(18)19/h5-10H,4,11H2,1-3H3,(H,20,21). The molecule has 5 heteroatoms. The number of amides is 1. The van der Waals surface area contributed by atoms with E-state index in [2.05, 4.69) is 5.32 Å². The van der Waals surface area contributed by atoms with Crippen LogP contribution in [0.5, 0.6) is 5.75 Å². The van der Waals surface area contributed by atoms with Crippen LogP contribution in [0.3, 0.4) is 0 Å². The van der Waals surface area contributed by atoms with E-state index in [1.54, 1.807) is 0 Å². The number of hydrogen-bond donors (Lipinski definition) is 1. The quantitative estimate of drug-likeness (QED) is 0.738. The summed E-state index contributed by atoms with van der Waals surface area (Å²) in [5.74, 6) is 1.10. The van der Waals surface area contributed by atoms with Gasteiger partial charge in [0.15, 0.2) is 0 Å². The average Bonchev–Trinajstić information content (AvgIpc) is 2.50. The van der Waals surface area contributed by atoms with E-state index in [1.807, 2.05) is 57.2 Å². The summed E-state index contributed by atoms with van der Waals surface area (Å²) in [4.78, 5) is 13.2. The van der Waals surface area contributed by atoms with Gasteiger partial charge >= 0.3 is 0 Å². The number of anilines is 1. The van der Waals surface area contributed by atoms with E-state index in [9.17, 15) is 4.79 Å². The van der Waals surface area contributed by atoms with Crippen molar-refractivity contribution in [2.45, 2.75) is 25.7 Å². The zero-order valence-corrected chi connectivity index (χ0v) is 15.1. The number of thioether (sulfide) groups is 1. The van der Waals surface area contributed by atoms with Gasteiger partial charge in [0.1, 0.15) is 5.75 Å². The van der Waals surface area contributed by atoms with Gasteiger partial charge < -0.3 is 10.1 Å². The third kappa shape index (κ3) is 5.19. The SMILES string of the molecule is CCOc1ccc(SCC(=O)Nc2c(C)cc(C)cc2Cl)cc1. The second-order valence-electron chi connectivity index (χ2n) is 5.18. The highest BCUT2D eigenvalue weighted by atomic mass is 35.5. The number of carbonyl (C=O) groups excluding carboxylic acids is 1. The van der Waals surface area contributed by atoms with Crippen molar-refractivity contribution in [3.63, 3.8) is 0 Å². The van der Waals surface area contributed by atoms with E-state index in [4.69, 9.17) is 16.3 Å². The molecule has 0 radical (unpaired) electrons. The summed E-state index contributed by atoms with van der Waals surface area (Å²) in [5.41, 5.74) is 2.73. The second-order valence-corrected chi connectivity index (χ2v) is 6.64. The fraction of sp³-hybridized carbons (Fsp3) is 0.278. The first kappa shape index (κ1) is 17.7. The first-order valence-corrected chi connectivity index (χ1v) is 8.78. The van der Waals surface area contributed by atoms with Crippen molar-refractivity contribution in [1.82, 2.24) is 0 Å². The Labute approximate surface area is 146 Å². The lowest BCUT2D eigenvalue weighted by atomic mass is 10.1. The Morgan fingerprint density at radius 3 is 2.52 bits per heavy atom. The summed E-state index contributed by atoms with van der Waals surface area (Å²) in [6, 6.07) is 11.6. The molecule has 2 rings (SSSR count). The van der Waals surface area contributed by atoms with Crippen molar-refractivity contribution in [3.8, 4) is 5.75 Å². The molecule has 0 heterocycles. The van der Waals surface area contributed by atoms with Gasteiger partial charge in [0, 0.05) is 4.90 Å². The molecule has 122 valence electrons. The molecule has 0 saturated carbocycles. The monoisotopic (exact) mass is 349 g/mol. The molecule has 0 unspecified atom stereocenters. The first-order valence-electron chi connectivity index (χ1n) is 7.42. The summed E-state index contributed by atoms with van der Waals surface area (Å²) in [6.07, 6.45) is 0. The largest absolute Gasteiger partial charge is 0.494 e. The van der Waals surface area contributed by atoms with Gasteiger partial charge in [-0.25, -0.2) is 0 Å². The van der Waals surface area contributed by atoms with Gasteiger partial charge in [0.05, 0.1) is 23.1 Å². The molecule has 0 aliphatic carbocycles. The number of nitrogens with one attached hydrogen (secondary N) is 1. The molecule has 2 aromatic rings. The smallest absolute Gasteiger partial charge is 0.234 e. The molecule has 3 nitrogen and oxygen atoms in total. The fourth-order valence-electron chi connectivity index (χ4n) is 2.20. The summed E-state index contributed by atoms with van der Waals surface area (Å²) in [5, 5.41) is 3.46. The summed E-state index contributed by atoms with van der Waals surface area (Å²) in [6.45, 7) is 6.51. The predicted molar refractivity (Wildman–Crippen MR) is 97.9 cm³/mol. The maximum Gasteiger partial charge on any atom is 0.234 e. The third-order valence-electron chi connectivity index (χ3n) is 3.20. The number of aryl methyl sites for hydroxylation is 2. The Balaban J connectivity index is 1.93. The van der Waals surface area contributed by atoms with E-state index < -0.39 is 0 Å². The minimum atomic E-state index is -0.0715. The summed E-state index contributed by atoms with van der Waals surface area (Å²) < 4.78 is 5.40. The van der Waals surface area contributed by atoms with Gasteiger partial charge in [0.25, 0.3) is 0 Å². The normalized spacial score (nSPS) is 10.4. The van der Waals surface area contributed by atoms with Crippen LogP contribution in [0.2, 0.25) is 5.02 Å². The summed E-state index contributed by atoms with van der Waals surface area (Å²) >= 11 is 7.69. The fourth-order valence-corrected chi connectivity index (χ4v) is 3.26. The second kappa shape index (κ2) is 8.27. The molecule has 0 aromatic heterocycles. The van der Waals surface area contributed by atoms with Gasteiger partial charge in [0.2, 0.25) is 5.91 Å². The Hall–Kier alpha value is -1.65. The molecular formula is C18H20ClNO2S. The van der Waals surface area contributed by atoms with Crippen LogP contribution in [0.15, 0.2) is 41.3 Å². The maximum atomic E-state index is 12.1. The molecule has 0 spiro atoms. The van der Waals surface area contributed by atoms with Crippen molar-refractivity contribution in [1.29, 1.82) is 0 Å². The van der Waals surface area contributed by atoms with Crippen molar-refractivity contribution in [2.24, 2.45) is 0 Å². The highest BCUT2D eigenvalue weighted by molar-refractivity contribution is 8.00. The molecule has 0 bridgehead atoms. The zero-order chi connectivity index (χ0) is 16.8. The molecule has 1 amide bonds. The maximum absolute atomic E-state index is 12.1. The van der Waals surface area contributed by atoms with E-state index >= 15 is 0 Å². The third-order valence-corrected chi connectivity index (χ3v) is 4.51. The van der Waals surface area contributed by atoms with E-state index in [1.165, 1.54) is 11.8 Å². The highest BCUT2D eigenvalue weighted by Gasteiger charge is 2.10. The molecule has 2 aromatic carbocycles. The first-order chi connectivity index (χ1) is 11.0. The van der Waals surface area contributed by atoms with Crippen molar-refractivity contribution < 1.29 is 9.53 Å². The molecule has 0 atom stereocenters. The Kier molecular flexibility index (Phi) is 6.37. The van der Waals surface area contributed by atoms with Crippen LogP contribution in [0.1, 0.15) is 18.1 Å². The van der Waals surface area contributed by atoms with Crippen molar-refractivity contribution in [2.75, 3.05) is 17.7 Å². The van der Waals surface area contributed by atoms with E-state index in [0.717, 1.165) is 21.8 Å². The van der Waals surface area contributed by atoms with Crippen LogP contribution >= 0.6 is 23.4 Å². The van der Waals surface area contributed by atoms with Crippen LogP contribution in [-0.2, 0) is 4.79 Å². The van der Waals surface area contributed by atoms with Crippen molar-refractivity contribution >= 4 is 35.0 Å². The van der Waals surface area contributed by atoms with E-state index in [0.29, 0.717) is 23.1 Å². The lowest BCUT2D eigenvalue weighted by molar-refractivity contribution is -0.113. The minimum Gasteiger partial charge on any atom is -0.494 e. The molecular weight excluding hydrogens is 330 g/mol. The van der Waals surface area contributed by atoms with Crippen molar-refractivity contribution in [3.05, 3.63) is 52.5 Å². The van der Waals surface area contributed by atoms with Crippen LogP contribution in [0.4, 0.5) is 5.69 Å². The van der Waals surface area contributed by atoms with Gasteiger partial charge in [-0.3, -0.25) is 4.79 Å². The summed E-state index contributed by atoms with van der Waals surface area (Å²) in [7, 11) is 0. The zero-order valence-electron chi connectivity index (χ0n) is 13.5. The number of ether oxygens (including phenoxy) is 1. The van der Waals surface area contributed by atoms with Gasteiger partial charge in [-0.2, -0.15) is 0 Å². The van der Waals surface area contributed by atoms with Crippen LogP contribution in [-0.4, -0.2) is 18.3 Å². The number of carbonyl (C=O) groups is 1. The minimum absolute atomic E-state index is 0.0715. The lowest BCUT2D eigenvalue weighted by Gasteiger charge is -2.11. The number of hydrogen-bond acceptors (Lipinski definition) is 3. The number of benzene rings is 2. The number of rotatable bonds is 6. The molecule has 1 N–H and O–H groups in total. The van der Waals surface area contributed by atoms with Gasteiger partial charge in [-0.15, -0.1) is 11.8 Å². The topological polar surface area (TPSA) is 38.3 Å². The lowest BCUT2D eigenvalue weighted by Crippen LogP contribution is -2.15. The molecule has 0 aliphatic rings. The average molecular weight is 350 g/mol. The Morgan fingerprint density at radius 1 is 1.22 bits per heavy atom. The molecule has 23 heavy (non-hydrogen) atoms. The Morgan fingerprint density at radius 2 is 1.91 bits per heavy atom. The van der Waals surface area contributed by atoms with Crippen LogP contribution in [0.25, 0.3) is 0 Å². The van der Waals surface area contributed by atoms with Crippen LogP contribution in [0, 0.1) is 13.8 Å². The molecule has 0 saturated heterocycles. The van der Waals surface area contributed by atoms with E-state index in [-0.39, 0.29) is 5.91 Å². The molecule has 0 fully saturated rings. The Bertz CT molecular complexity index is 663. The molecule has 0 aliphatic heterocycles. The van der Waals surface area contributed by atoms with Gasteiger partial charge in [-0.05, 0) is 62.2 Å². The van der Waals surface area contributed by atoms with Crippen LogP contribution < -0.4 is 10.1 Å². The predicted octanol–water partition coefficient (Wildman–Crippen LogP) is 5.09. The highest BCUT2D eigenvalue weighted by Crippen LogP contribution is 2.28. The number of halogens is 1.